The van der Waals surface area contributed by atoms with Gasteiger partial charge in [0, 0.05) is 0 Å². The van der Waals surface area contributed by atoms with Gasteiger partial charge in [-0.1, -0.05) is 83.9 Å². The van der Waals surface area contributed by atoms with Crippen LogP contribution in [0.4, 0.5) is 0 Å². The van der Waals surface area contributed by atoms with Gasteiger partial charge in [0.05, 0.1) is 24.3 Å². The van der Waals surface area contributed by atoms with Crippen LogP contribution in [0.25, 0.3) is 0 Å². The molecule has 0 amide bonds. The zero-order valence-electron chi connectivity index (χ0n) is 19.2. The van der Waals surface area contributed by atoms with Crippen molar-refractivity contribution in [2.24, 2.45) is 5.92 Å². The SMILES string of the molecule is CCCCCCCCCC/C=C\CCOC(=O)c1cccc(C(=O)OCC(C)C)c1. The van der Waals surface area contributed by atoms with Crippen molar-refractivity contribution in [3.63, 3.8) is 0 Å². The van der Waals surface area contributed by atoms with Crippen molar-refractivity contribution >= 4 is 11.9 Å². The lowest BCUT2D eigenvalue weighted by atomic mass is 10.1. The maximum Gasteiger partial charge on any atom is 0.338 e. The molecule has 0 aliphatic heterocycles. The summed E-state index contributed by atoms with van der Waals surface area (Å²) in [4.78, 5) is 24.2. The van der Waals surface area contributed by atoms with E-state index < -0.39 is 11.9 Å². The van der Waals surface area contributed by atoms with Crippen LogP contribution in [0.2, 0.25) is 0 Å². The van der Waals surface area contributed by atoms with Gasteiger partial charge >= 0.3 is 11.9 Å². The van der Waals surface area contributed by atoms with E-state index >= 15 is 0 Å². The molecule has 0 unspecified atom stereocenters. The van der Waals surface area contributed by atoms with E-state index in [9.17, 15) is 9.59 Å². The highest BCUT2D eigenvalue weighted by atomic mass is 16.5. The van der Waals surface area contributed by atoms with Crippen molar-refractivity contribution in [1.82, 2.24) is 0 Å². The highest BCUT2D eigenvalue weighted by molar-refractivity contribution is 5.95. The molecular weight excluding hydrogens is 376 g/mol. The summed E-state index contributed by atoms with van der Waals surface area (Å²) in [6, 6.07) is 6.50. The summed E-state index contributed by atoms with van der Waals surface area (Å²) < 4.78 is 10.5. The largest absolute Gasteiger partial charge is 0.462 e. The summed E-state index contributed by atoms with van der Waals surface area (Å²) >= 11 is 0. The molecule has 168 valence electrons. The average molecular weight is 417 g/mol. The van der Waals surface area contributed by atoms with Gasteiger partial charge in [0.15, 0.2) is 0 Å². The number of carbonyl (C=O) groups is 2. The molecule has 30 heavy (non-hydrogen) atoms. The van der Waals surface area contributed by atoms with Crippen molar-refractivity contribution < 1.29 is 19.1 Å². The van der Waals surface area contributed by atoms with Crippen molar-refractivity contribution in [3.8, 4) is 0 Å². The highest BCUT2D eigenvalue weighted by Crippen LogP contribution is 2.11. The number of allylic oxidation sites excluding steroid dienone is 1. The fourth-order valence-corrected chi connectivity index (χ4v) is 3.03. The molecular formula is C26H40O4. The standard InChI is InChI=1S/C26H40O4/c1-4-5-6-7-8-9-10-11-12-13-14-15-19-29-25(27)23-17-16-18-24(20-23)26(28)30-21-22(2)3/h13-14,16-18,20,22H,4-12,15,19,21H2,1-3H3/b14-13-. The van der Waals surface area contributed by atoms with Crippen LogP contribution in [-0.4, -0.2) is 25.2 Å². The molecule has 0 fully saturated rings. The Kier molecular flexibility index (Phi) is 14.4. The number of ether oxygens (including phenoxy) is 2. The first-order chi connectivity index (χ1) is 14.5. The molecule has 0 saturated carbocycles. The van der Waals surface area contributed by atoms with Crippen molar-refractivity contribution in [3.05, 3.63) is 47.5 Å². The third-order valence-electron chi connectivity index (χ3n) is 4.79. The molecule has 0 aliphatic rings. The molecule has 0 aromatic heterocycles. The molecule has 0 atom stereocenters. The molecule has 0 saturated heterocycles. The molecule has 1 rings (SSSR count). The average Bonchev–Trinajstić information content (AvgIpc) is 2.75. The minimum atomic E-state index is -0.415. The maximum absolute atomic E-state index is 12.2. The second-order valence-electron chi connectivity index (χ2n) is 8.23. The van der Waals surface area contributed by atoms with Gasteiger partial charge in [0.25, 0.3) is 0 Å². The van der Waals surface area contributed by atoms with Gasteiger partial charge in [0.2, 0.25) is 0 Å². The molecule has 1 aromatic rings. The monoisotopic (exact) mass is 416 g/mol. The van der Waals surface area contributed by atoms with Crippen molar-refractivity contribution in [2.45, 2.75) is 85.0 Å². The zero-order valence-corrected chi connectivity index (χ0v) is 19.2. The lowest BCUT2D eigenvalue weighted by Gasteiger charge is -2.08. The van der Waals surface area contributed by atoms with Crippen LogP contribution < -0.4 is 0 Å². The van der Waals surface area contributed by atoms with Gasteiger partial charge in [-0.25, -0.2) is 9.59 Å². The van der Waals surface area contributed by atoms with Gasteiger partial charge < -0.3 is 9.47 Å². The second kappa shape index (κ2) is 16.7. The summed E-state index contributed by atoms with van der Waals surface area (Å²) in [5, 5.41) is 0. The Morgan fingerprint density at radius 2 is 1.40 bits per heavy atom. The molecule has 0 aliphatic carbocycles. The number of unbranched alkanes of at least 4 members (excludes halogenated alkanes) is 8. The zero-order chi connectivity index (χ0) is 22.0. The number of hydrogen-bond acceptors (Lipinski definition) is 4. The molecule has 1 aromatic carbocycles. The number of benzene rings is 1. The third kappa shape index (κ3) is 12.5. The number of carbonyl (C=O) groups excluding carboxylic acids is 2. The molecule has 0 N–H and O–H groups in total. The van der Waals surface area contributed by atoms with E-state index in [1.54, 1.807) is 18.2 Å². The van der Waals surface area contributed by atoms with Crippen LogP contribution in [0.5, 0.6) is 0 Å². The van der Waals surface area contributed by atoms with E-state index in [1.807, 2.05) is 13.8 Å². The smallest absolute Gasteiger partial charge is 0.338 e. The topological polar surface area (TPSA) is 52.6 Å². The molecule has 4 heteroatoms. The van der Waals surface area contributed by atoms with Crippen LogP contribution in [0.1, 0.15) is 106 Å². The molecule has 0 heterocycles. The van der Waals surface area contributed by atoms with Gasteiger partial charge in [-0.2, -0.15) is 0 Å². The molecule has 0 spiro atoms. The summed E-state index contributed by atoms with van der Waals surface area (Å²) in [7, 11) is 0. The first-order valence-electron chi connectivity index (χ1n) is 11.6. The normalized spacial score (nSPS) is 11.2. The fraction of sp³-hybridized carbons (Fsp3) is 0.615. The van der Waals surface area contributed by atoms with E-state index in [0.29, 0.717) is 30.8 Å². The minimum absolute atomic E-state index is 0.269. The van der Waals surface area contributed by atoms with E-state index in [1.165, 1.54) is 57.4 Å². The number of rotatable bonds is 16. The van der Waals surface area contributed by atoms with Crippen LogP contribution in [0.15, 0.2) is 36.4 Å². The van der Waals surface area contributed by atoms with Crippen LogP contribution >= 0.6 is 0 Å². The number of hydrogen-bond donors (Lipinski definition) is 0. The van der Waals surface area contributed by atoms with E-state index in [4.69, 9.17) is 9.47 Å². The van der Waals surface area contributed by atoms with Crippen molar-refractivity contribution in [1.29, 1.82) is 0 Å². The van der Waals surface area contributed by atoms with Crippen LogP contribution in [0.3, 0.4) is 0 Å². The lowest BCUT2D eigenvalue weighted by molar-refractivity contribution is 0.0459. The van der Waals surface area contributed by atoms with Gasteiger partial charge in [0.1, 0.15) is 0 Å². The summed E-state index contributed by atoms with van der Waals surface area (Å²) in [6.45, 7) is 6.90. The maximum atomic E-state index is 12.2. The Morgan fingerprint density at radius 1 is 0.833 bits per heavy atom. The molecule has 4 nitrogen and oxygen atoms in total. The Labute approximate surface area is 183 Å². The van der Waals surface area contributed by atoms with Gasteiger partial charge in [-0.15, -0.1) is 0 Å². The Hall–Kier alpha value is -2.10. The fourth-order valence-electron chi connectivity index (χ4n) is 3.03. The van der Waals surface area contributed by atoms with Crippen LogP contribution in [-0.2, 0) is 9.47 Å². The van der Waals surface area contributed by atoms with Gasteiger partial charge in [-0.05, 0) is 43.4 Å². The first-order valence-corrected chi connectivity index (χ1v) is 11.6. The van der Waals surface area contributed by atoms with E-state index in [2.05, 4.69) is 19.1 Å². The summed E-state index contributed by atoms with van der Waals surface area (Å²) in [5.74, 6) is -0.557. The predicted octanol–water partition coefficient (Wildman–Crippen LogP) is 7.13. The molecule has 0 bridgehead atoms. The Morgan fingerprint density at radius 3 is 2.03 bits per heavy atom. The molecule has 0 radical (unpaired) electrons. The van der Waals surface area contributed by atoms with E-state index in [-0.39, 0.29) is 5.92 Å². The summed E-state index contributed by atoms with van der Waals surface area (Å²) in [5.41, 5.74) is 0.743. The third-order valence-corrected chi connectivity index (χ3v) is 4.79. The number of esters is 2. The Bertz CT molecular complexity index is 634. The second-order valence-corrected chi connectivity index (χ2v) is 8.23. The van der Waals surface area contributed by atoms with Crippen LogP contribution in [0, 0.1) is 5.92 Å². The highest BCUT2D eigenvalue weighted by Gasteiger charge is 2.12. The van der Waals surface area contributed by atoms with Crippen molar-refractivity contribution in [2.75, 3.05) is 13.2 Å². The van der Waals surface area contributed by atoms with Gasteiger partial charge in [-0.3, -0.25) is 0 Å². The first kappa shape index (κ1) is 25.9. The predicted molar refractivity (Wildman–Crippen MR) is 123 cm³/mol. The minimum Gasteiger partial charge on any atom is -0.462 e. The quantitative estimate of drug-likeness (QED) is 0.163. The lowest BCUT2D eigenvalue weighted by Crippen LogP contribution is -2.12. The Balaban J connectivity index is 2.17. The van der Waals surface area contributed by atoms with E-state index in [0.717, 1.165) is 6.42 Å². The summed E-state index contributed by atoms with van der Waals surface area (Å²) in [6.07, 6.45) is 16.7.